The van der Waals surface area contributed by atoms with E-state index in [9.17, 15) is 9.59 Å². The summed E-state index contributed by atoms with van der Waals surface area (Å²) in [5.74, 6) is -0.869. The van der Waals surface area contributed by atoms with E-state index in [1.807, 2.05) is 6.07 Å². The summed E-state index contributed by atoms with van der Waals surface area (Å²) in [6.07, 6.45) is 2.32. The number of nitriles is 1. The molecule has 0 aromatic carbocycles. The van der Waals surface area contributed by atoms with E-state index in [1.54, 1.807) is 27.0 Å². The standard InChI is InChI=1S/C14H18N4O4/c1-13(2,3)22-12(21)17-8-14(9-17,6-11(19)20)18-5-4-16-10(18)7-15/h4-5H,6,8-9H2,1-3H3,(H,19,20). The van der Waals surface area contributed by atoms with Gasteiger partial charge in [0.05, 0.1) is 25.0 Å². The lowest BCUT2D eigenvalue weighted by Gasteiger charge is -2.50. The third-order valence-electron chi connectivity index (χ3n) is 3.35. The first kappa shape index (κ1) is 15.8. The molecule has 0 bridgehead atoms. The number of aromatic nitrogens is 2. The lowest BCUT2D eigenvalue weighted by Crippen LogP contribution is -2.65. The van der Waals surface area contributed by atoms with Crippen molar-refractivity contribution in [2.75, 3.05) is 13.1 Å². The molecule has 1 fully saturated rings. The molecule has 1 aromatic heterocycles. The third kappa shape index (κ3) is 3.03. The quantitative estimate of drug-likeness (QED) is 0.898. The van der Waals surface area contributed by atoms with Crippen LogP contribution in [0.5, 0.6) is 0 Å². The second-order valence-electron chi connectivity index (χ2n) is 6.36. The average molecular weight is 306 g/mol. The van der Waals surface area contributed by atoms with Crippen LogP contribution in [0.2, 0.25) is 0 Å². The molecule has 0 radical (unpaired) electrons. The van der Waals surface area contributed by atoms with Crippen LogP contribution < -0.4 is 0 Å². The maximum absolute atomic E-state index is 12.0. The molecule has 0 unspecified atom stereocenters. The average Bonchev–Trinajstić information content (AvgIpc) is 2.78. The van der Waals surface area contributed by atoms with Gasteiger partial charge >= 0.3 is 12.1 Å². The summed E-state index contributed by atoms with van der Waals surface area (Å²) in [5.41, 5.74) is -1.47. The minimum atomic E-state index is -0.999. The highest BCUT2D eigenvalue weighted by Gasteiger charge is 2.50. The molecule has 0 spiro atoms. The van der Waals surface area contributed by atoms with Crippen LogP contribution in [0.4, 0.5) is 4.79 Å². The number of rotatable bonds is 3. The fourth-order valence-electron chi connectivity index (χ4n) is 2.52. The Morgan fingerprint density at radius 1 is 1.50 bits per heavy atom. The fourth-order valence-corrected chi connectivity index (χ4v) is 2.52. The van der Waals surface area contributed by atoms with Crippen molar-refractivity contribution in [3.63, 3.8) is 0 Å². The maximum atomic E-state index is 12.0. The largest absolute Gasteiger partial charge is 0.481 e. The van der Waals surface area contributed by atoms with Gasteiger partial charge in [0.15, 0.2) is 0 Å². The summed E-state index contributed by atoms with van der Waals surface area (Å²) in [7, 11) is 0. The Morgan fingerprint density at radius 3 is 2.64 bits per heavy atom. The molecule has 8 nitrogen and oxygen atoms in total. The van der Waals surface area contributed by atoms with Gasteiger partial charge in [0.1, 0.15) is 11.7 Å². The lowest BCUT2D eigenvalue weighted by atomic mass is 9.86. The van der Waals surface area contributed by atoms with Gasteiger partial charge in [0.2, 0.25) is 5.82 Å². The third-order valence-corrected chi connectivity index (χ3v) is 3.35. The van der Waals surface area contributed by atoms with Crippen molar-refractivity contribution in [1.82, 2.24) is 14.5 Å². The van der Waals surface area contributed by atoms with Crippen LogP contribution in [0, 0.1) is 11.3 Å². The summed E-state index contributed by atoms with van der Waals surface area (Å²) in [5, 5.41) is 18.2. The molecule has 0 atom stereocenters. The zero-order chi connectivity index (χ0) is 16.5. The fraction of sp³-hybridized carbons (Fsp3) is 0.571. The van der Waals surface area contributed by atoms with E-state index in [1.165, 1.54) is 15.7 Å². The Morgan fingerprint density at radius 2 is 2.14 bits per heavy atom. The number of carboxylic acid groups (broad SMARTS) is 1. The van der Waals surface area contributed by atoms with Gasteiger partial charge < -0.3 is 19.3 Å². The van der Waals surface area contributed by atoms with Gasteiger partial charge in [-0.1, -0.05) is 0 Å². The summed E-state index contributed by atoms with van der Waals surface area (Å²) < 4.78 is 6.79. The smallest absolute Gasteiger partial charge is 0.410 e. The normalized spacial score (nSPS) is 16.5. The zero-order valence-corrected chi connectivity index (χ0v) is 12.7. The predicted octanol–water partition coefficient (Wildman–Crippen LogP) is 1.18. The number of carboxylic acids is 1. The molecule has 1 N–H and O–H groups in total. The minimum absolute atomic E-state index is 0.130. The molecule has 0 saturated carbocycles. The van der Waals surface area contributed by atoms with Crippen LogP contribution in [0.25, 0.3) is 0 Å². The number of carbonyl (C=O) groups excluding carboxylic acids is 1. The molecule has 1 aromatic rings. The van der Waals surface area contributed by atoms with Gasteiger partial charge in [-0.15, -0.1) is 0 Å². The lowest BCUT2D eigenvalue weighted by molar-refractivity contribution is -0.142. The molecule has 2 rings (SSSR count). The van der Waals surface area contributed by atoms with E-state index in [0.29, 0.717) is 0 Å². The number of nitrogens with zero attached hydrogens (tertiary/aromatic N) is 4. The van der Waals surface area contributed by atoms with Crippen LogP contribution in [0.15, 0.2) is 12.4 Å². The Labute approximate surface area is 127 Å². The number of aliphatic carboxylic acids is 1. The second kappa shape index (κ2) is 5.33. The number of hydrogen-bond acceptors (Lipinski definition) is 5. The van der Waals surface area contributed by atoms with Crippen LogP contribution in [-0.4, -0.2) is 50.3 Å². The van der Waals surface area contributed by atoms with Crippen LogP contribution in [0.1, 0.15) is 33.0 Å². The van der Waals surface area contributed by atoms with Gasteiger partial charge in [0.25, 0.3) is 0 Å². The van der Waals surface area contributed by atoms with Crippen molar-refractivity contribution in [2.24, 2.45) is 0 Å². The van der Waals surface area contributed by atoms with Gasteiger partial charge in [-0.2, -0.15) is 5.26 Å². The van der Waals surface area contributed by atoms with Gasteiger partial charge in [-0.05, 0) is 20.8 Å². The Hall–Kier alpha value is -2.56. The topological polar surface area (TPSA) is 108 Å². The van der Waals surface area contributed by atoms with Gasteiger partial charge in [-0.25, -0.2) is 9.78 Å². The number of amides is 1. The molecule has 1 aliphatic heterocycles. The minimum Gasteiger partial charge on any atom is -0.481 e. The molecule has 1 saturated heterocycles. The zero-order valence-electron chi connectivity index (χ0n) is 12.7. The van der Waals surface area contributed by atoms with Gasteiger partial charge in [-0.3, -0.25) is 4.79 Å². The second-order valence-corrected chi connectivity index (χ2v) is 6.36. The monoisotopic (exact) mass is 306 g/mol. The Balaban J connectivity index is 2.18. The number of carbonyl (C=O) groups is 2. The SMILES string of the molecule is CC(C)(C)OC(=O)N1CC(CC(=O)O)(n2ccnc2C#N)C1. The van der Waals surface area contributed by atoms with Crippen molar-refractivity contribution in [2.45, 2.75) is 38.3 Å². The predicted molar refractivity (Wildman–Crippen MR) is 75.0 cm³/mol. The van der Waals surface area contributed by atoms with Gasteiger partial charge in [0, 0.05) is 12.4 Å². The number of imidazole rings is 1. The van der Waals surface area contributed by atoms with E-state index in [2.05, 4.69) is 4.98 Å². The van der Waals surface area contributed by atoms with Crippen LogP contribution >= 0.6 is 0 Å². The Kier molecular flexibility index (Phi) is 3.83. The molecular weight excluding hydrogens is 288 g/mol. The molecule has 118 valence electrons. The number of hydrogen-bond donors (Lipinski definition) is 1. The van der Waals surface area contributed by atoms with E-state index >= 15 is 0 Å². The van der Waals surface area contributed by atoms with Crippen molar-refractivity contribution in [3.05, 3.63) is 18.2 Å². The molecule has 22 heavy (non-hydrogen) atoms. The van der Waals surface area contributed by atoms with E-state index < -0.39 is 23.2 Å². The van der Waals surface area contributed by atoms with Crippen molar-refractivity contribution >= 4 is 12.1 Å². The summed E-state index contributed by atoms with van der Waals surface area (Å²) >= 11 is 0. The highest BCUT2D eigenvalue weighted by molar-refractivity contribution is 5.72. The first-order valence-corrected chi connectivity index (χ1v) is 6.80. The van der Waals surface area contributed by atoms with E-state index in [4.69, 9.17) is 15.1 Å². The van der Waals surface area contributed by atoms with Crippen molar-refractivity contribution in [3.8, 4) is 6.07 Å². The van der Waals surface area contributed by atoms with Crippen LogP contribution in [-0.2, 0) is 15.1 Å². The molecular formula is C14H18N4O4. The molecule has 2 heterocycles. The van der Waals surface area contributed by atoms with Crippen LogP contribution in [0.3, 0.4) is 0 Å². The van der Waals surface area contributed by atoms with E-state index in [-0.39, 0.29) is 25.3 Å². The van der Waals surface area contributed by atoms with E-state index in [0.717, 1.165) is 0 Å². The van der Waals surface area contributed by atoms with Crippen molar-refractivity contribution < 1.29 is 19.4 Å². The number of ether oxygens (including phenoxy) is 1. The molecule has 1 aliphatic rings. The highest BCUT2D eigenvalue weighted by Crippen LogP contribution is 2.34. The van der Waals surface area contributed by atoms with Crippen molar-refractivity contribution in [1.29, 1.82) is 5.26 Å². The number of likely N-dealkylation sites (tertiary alicyclic amines) is 1. The first-order chi connectivity index (χ1) is 10.2. The molecule has 0 aliphatic carbocycles. The summed E-state index contributed by atoms with van der Waals surface area (Å²) in [6, 6.07) is 1.93. The first-order valence-electron chi connectivity index (χ1n) is 6.80. The molecule has 8 heteroatoms. The maximum Gasteiger partial charge on any atom is 0.410 e. The molecule has 1 amide bonds. The summed E-state index contributed by atoms with van der Waals surface area (Å²) in [6.45, 7) is 5.62. The highest BCUT2D eigenvalue weighted by atomic mass is 16.6. The summed E-state index contributed by atoms with van der Waals surface area (Å²) in [4.78, 5) is 28.5. The Bertz CT molecular complexity index is 632.